The van der Waals surface area contributed by atoms with E-state index in [0.29, 0.717) is 5.69 Å². The summed E-state index contributed by atoms with van der Waals surface area (Å²) in [6, 6.07) is 0. The van der Waals surface area contributed by atoms with E-state index < -0.39 is 0 Å². The number of hydrogen-bond donors (Lipinski definition) is 3. The van der Waals surface area contributed by atoms with E-state index in [2.05, 4.69) is 15.8 Å². The van der Waals surface area contributed by atoms with Crippen LogP contribution in [0.4, 0.5) is 5.69 Å². The normalized spacial score (nSPS) is 14.4. The zero-order valence-corrected chi connectivity index (χ0v) is 5.27. The summed E-state index contributed by atoms with van der Waals surface area (Å²) < 4.78 is 0. The van der Waals surface area contributed by atoms with E-state index in [-0.39, 0.29) is 0 Å². The summed E-state index contributed by atoms with van der Waals surface area (Å²) >= 11 is 0. The maximum Gasteiger partial charge on any atom is 0.168 e. The third-order valence-corrected chi connectivity index (χ3v) is 1.60. The van der Waals surface area contributed by atoms with Gasteiger partial charge in [0.1, 0.15) is 5.69 Å². The highest BCUT2D eigenvalue weighted by atomic mass is 16.1. The van der Waals surface area contributed by atoms with Crippen molar-refractivity contribution in [3.05, 3.63) is 17.5 Å². The van der Waals surface area contributed by atoms with Gasteiger partial charge in [0, 0.05) is 18.3 Å². The van der Waals surface area contributed by atoms with Crippen molar-refractivity contribution in [2.24, 2.45) is 0 Å². The molecule has 0 spiro atoms. The number of fused-ring (bicyclic) bond motifs is 1. The maximum atomic E-state index is 10.3. The van der Waals surface area contributed by atoms with Crippen LogP contribution in [0.2, 0.25) is 0 Å². The van der Waals surface area contributed by atoms with Crippen molar-refractivity contribution in [2.75, 3.05) is 5.43 Å². The fourth-order valence-corrected chi connectivity index (χ4v) is 1.09. The number of carbonyl (C=O) groups is 1. The summed E-state index contributed by atoms with van der Waals surface area (Å²) in [6.07, 6.45) is 2.63. The number of aromatic amines is 1. The Hall–Kier alpha value is -1.29. The second-order valence-corrected chi connectivity index (χ2v) is 2.20. The fraction of sp³-hybridized carbons (Fsp3) is 0.167. The lowest BCUT2D eigenvalue weighted by atomic mass is 10.3. The van der Waals surface area contributed by atoms with Crippen LogP contribution in [0.3, 0.4) is 0 Å². The Labute approximate surface area is 57.6 Å². The van der Waals surface area contributed by atoms with E-state index in [0.717, 1.165) is 24.1 Å². The van der Waals surface area contributed by atoms with E-state index in [1.54, 1.807) is 0 Å². The predicted molar refractivity (Wildman–Crippen MR) is 36.6 cm³/mol. The van der Waals surface area contributed by atoms with Crippen LogP contribution in [0.5, 0.6) is 0 Å². The summed E-state index contributed by atoms with van der Waals surface area (Å²) in [7, 11) is 0. The van der Waals surface area contributed by atoms with Crippen molar-refractivity contribution in [1.82, 2.24) is 10.4 Å². The van der Waals surface area contributed by atoms with Gasteiger partial charge >= 0.3 is 0 Å². The molecule has 0 amide bonds. The molecule has 0 radical (unpaired) electrons. The molecule has 3 N–H and O–H groups in total. The molecule has 0 atom stereocenters. The summed E-state index contributed by atoms with van der Waals surface area (Å²) in [6.45, 7) is 0.777. The second kappa shape index (κ2) is 1.85. The van der Waals surface area contributed by atoms with Crippen molar-refractivity contribution >= 4 is 12.0 Å². The van der Waals surface area contributed by atoms with Crippen molar-refractivity contribution in [1.29, 1.82) is 0 Å². The molecule has 0 bridgehead atoms. The summed E-state index contributed by atoms with van der Waals surface area (Å²) in [5.41, 5.74) is 8.41. The lowest BCUT2D eigenvalue weighted by Crippen LogP contribution is -2.12. The Morgan fingerprint density at radius 2 is 2.50 bits per heavy atom. The molecular weight excluding hydrogens is 130 g/mol. The maximum absolute atomic E-state index is 10.3. The number of hydrogen-bond acceptors (Lipinski definition) is 3. The molecule has 1 aliphatic rings. The monoisotopic (exact) mass is 137 g/mol. The first-order valence-electron chi connectivity index (χ1n) is 3.06. The topological polar surface area (TPSA) is 56.9 Å². The highest BCUT2D eigenvalue weighted by Gasteiger charge is 2.14. The average Bonchev–Trinajstić information content (AvgIpc) is 2.44. The number of carbonyl (C=O) groups excluding carboxylic acids is 1. The Balaban J connectivity index is 2.53. The van der Waals surface area contributed by atoms with Gasteiger partial charge in [0.2, 0.25) is 0 Å². The van der Waals surface area contributed by atoms with Crippen LogP contribution in [0.1, 0.15) is 16.1 Å². The number of nitrogens with one attached hydrogen (secondary N) is 3. The standard InChI is InChI=1S/C6H7N3O/c10-3-5-6-4(1-7-5)2-8-9-6/h1,3,7-9H,2H2. The van der Waals surface area contributed by atoms with Crippen molar-refractivity contribution in [2.45, 2.75) is 6.54 Å². The summed E-state index contributed by atoms with van der Waals surface area (Å²) in [4.78, 5) is 13.2. The summed E-state index contributed by atoms with van der Waals surface area (Å²) in [5, 5.41) is 0. The van der Waals surface area contributed by atoms with Gasteiger partial charge in [0.25, 0.3) is 0 Å². The Bertz CT molecular complexity index is 266. The highest BCUT2D eigenvalue weighted by molar-refractivity contribution is 5.84. The molecular formula is C6H7N3O. The zero-order chi connectivity index (χ0) is 6.97. The molecule has 1 aromatic rings. The van der Waals surface area contributed by atoms with E-state index >= 15 is 0 Å². The van der Waals surface area contributed by atoms with Crippen LogP contribution < -0.4 is 10.9 Å². The van der Waals surface area contributed by atoms with Crippen molar-refractivity contribution in [3.8, 4) is 0 Å². The number of anilines is 1. The van der Waals surface area contributed by atoms with Gasteiger partial charge in [-0.15, -0.1) is 0 Å². The third-order valence-electron chi connectivity index (χ3n) is 1.60. The molecule has 1 aliphatic heterocycles. The molecule has 0 saturated carbocycles. The lowest BCUT2D eigenvalue weighted by molar-refractivity contribution is 0.112. The van der Waals surface area contributed by atoms with Crippen LogP contribution in [0.15, 0.2) is 6.20 Å². The number of aldehydes is 1. The SMILES string of the molecule is O=Cc1[nH]cc2c1NNC2. The molecule has 0 saturated heterocycles. The lowest BCUT2D eigenvalue weighted by Gasteiger charge is -1.93. The molecule has 0 aromatic carbocycles. The highest BCUT2D eigenvalue weighted by Crippen LogP contribution is 2.21. The number of H-pyrrole nitrogens is 1. The summed E-state index contributed by atoms with van der Waals surface area (Å²) in [5.74, 6) is 0. The van der Waals surface area contributed by atoms with Gasteiger partial charge in [-0.05, 0) is 0 Å². The quantitative estimate of drug-likeness (QED) is 0.486. The van der Waals surface area contributed by atoms with Crippen LogP contribution in [0.25, 0.3) is 0 Å². The van der Waals surface area contributed by atoms with E-state index in [9.17, 15) is 4.79 Å². The minimum Gasteiger partial charge on any atom is -0.357 e. The molecule has 0 aliphatic carbocycles. The molecule has 2 rings (SSSR count). The fourth-order valence-electron chi connectivity index (χ4n) is 1.09. The van der Waals surface area contributed by atoms with Crippen molar-refractivity contribution in [3.63, 3.8) is 0 Å². The second-order valence-electron chi connectivity index (χ2n) is 2.20. The van der Waals surface area contributed by atoms with Gasteiger partial charge in [-0.2, -0.15) is 0 Å². The third kappa shape index (κ3) is 0.563. The molecule has 0 unspecified atom stereocenters. The van der Waals surface area contributed by atoms with Gasteiger partial charge in [0.15, 0.2) is 6.29 Å². The Morgan fingerprint density at radius 1 is 1.60 bits per heavy atom. The van der Waals surface area contributed by atoms with Crippen LogP contribution in [-0.4, -0.2) is 11.3 Å². The van der Waals surface area contributed by atoms with Crippen LogP contribution in [0, 0.1) is 0 Å². The number of aromatic nitrogens is 1. The minimum absolute atomic E-state index is 0.611. The molecule has 1 aromatic heterocycles. The van der Waals surface area contributed by atoms with Crippen LogP contribution >= 0.6 is 0 Å². The van der Waals surface area contributed by atoms with E-state index in [1.807, 2.05) is 6.20 Å². The molecule has 10 heavy (non-hydrogen) atoms. The van der Waals surface area contributed by atoms with Gasteiger partial charge in [-0.25, -0.2) is 5.43 Å². The first-order valence-corrected chi connectivity index (χ1v) is 3.06. The molecule has 4 heteroatoms. The molecule has 4 nitrogen and oxygen atoms in total. The Morgan fingerprint density at radius 3 is 3.30 bits per heavy atom. The number of hydrazine groups is 1. The molecule has 2 heterocycles. The van der Waals surface area contributed by atoms with Gasteiger partial charge in [0.05, 0.1) is 5.69 Å². The van der Waals surface area contributed by atoms with Crippen LogP contribution in [-0.2, 0) is 6.54 Å². The average molecular weight is 137 g/mol. The minimum atomic E-state index is 0.611. The van der Waals surface area contributed by atoms with Crippen molar-refractivity contribution < 1.29 is 4.79 Å². The molecule has 0 fully saturated rings. The largest absolute Gasteiger partial charge is 0.357 e. The predicted octanol–water partition coefficient (Wildman–Crippen LogP) is 0.257. The van der Waals surface area contributed by atoms with Gasteiger partial charge in [-0.3, -0.25) is 4.79 Å². The Kier molecular flexibility index (Phi) is 1.01. The van der Waals surface area contributed by atoms with Gasteiger partial charge in [-0.1, -0.05) is 0 Å². The van der Waals surface area contributed by atoms with E-state index in [1.165, 1.54) is 0 Å². The zero-order valence-electron chi connectivity index (χ0n) is 5.27. The molecule has 52 valence electrons. The van der Waals surface area contributed by atoms with Gasteiger partial charge < -0.3 is 10.4 Å². The first kappa shape index (κ1) is 5.49. The smallest absolute Gasteiger partial charge is 0.168 e. The number of rotatable bonds is 1. The van der Waals surface area contributed by atoms with E-state index in [4.69, 9.17) is 0 Å². The first-order chi connectivity index (χ1) is 4.92.